The molecule has 1 aromatic carbocycles. The lowest BCUT2D eigenvalue weighted by atomic mass is 10.00. The number of hydrogen-bond donors (Lipinski definition) is 7. The number of nitrogens with two attached hydrogens (primary N) is 1. The average Bonchev–Trinajstić information content (AvgIpc) is 3.30. The van der Waals surface area contributed by atoms with Crippen LogP contribution in [-0.2, 0) is 32.0 Å². The first kappa shape index (κ1) is 27.3. The maximum Gasteiger partial charge on any atom is 0.325 e. The molecule has 0 aliphatic heterocycles. The fraction of sp³-hybridized carbons (Fsp3) is 0.435. The number of carbonyl (C=O) groups is 4. The number of phenols is 1. The van der Waals surface area contributed by atoms with Crippen LogP contribution in [0.3, 0.4) is 0 Å². The third-order valence-electron chi connectivity index (χ3n) is 5.32. The lowest BCUT2D eigenvalue weighted by Crippen LogP contribution is -2.58. The number of carbonyl (C=O) groups excluding carboxylic acids is 3. The van der Waals surface area contributed by atoms with Gasteiger partial charge in [0.1, 0.15) is 23.9 Å². The van der Waals surface area contributed by atoms with Gasteiger partial charge in [-0.2, -0.15) is 0 Å². The van der Waals surface area contributed by atoms with Gasteiger partial charge in [0.05, 0.1) is 12.4 Å². The minimum atomic E-state index is -1.21. The molecule has 0 spiro atoms. The standard InChI is InChI=1S/C23H32N6O6/c1-12(2)19(22(33)27-13(3)23(34)35)29-21(32)18(8-14-4-6-16(30)7-5-14)28-20(31)17(24)9-15-10-25-11-26-15/h4-7,10-13,17-19,30H,8-9,24H2,1-3H3,(H,25,26)(H,27,33)(H,28,31)(H,29,32)(H,34,35). The van der Waals surface area contributed by atoms with Crippen LogP contribution in [0.4, 0.5) is 0 Å². The van der Waals surface area contributed by atoms with Crippen molar-refractivity contribution < 1.29 is 29.4 Å². The largest absolute Gasteiger partial charge is 0.508 e. The summed E-state index contributed by atoms with van der Waals surface area (Å²) in [5.41, 5.74) is 7.30. The number of aromatic hydroxyl groups is 1. The van der Waals surface area contributed by atoms with Gasteiger partial charge in [0.2, 0.25) is 17.7 Å². The second-order valence-corrected chi connectivity index (χ2v) is 8.62. The van der Waals surface area contributed by atoms with Crippen LogP contribution in [0.1, 0.15) is 32.0 Å². The molecule has 0 saturated carbocycles. The zero-order valence-electron chi connectivity index (χ0n) is 19.8. The van der Waals surface area contributed by atoms with Crippen LogP contribution in [0.15, 0.2) is 36.8 Å². The van der Waals surface area contributed by atoms with E-state index >= 15 is 0 Å². The molecule has 35 heavy (non-hydrogen) atoms. The summed E-state index contributed by atoms with van der Waals surface area (Å²) in [6.45, 7) is 4.71. The molecule has 2 rings (SSSR count). The minimum Gasteiger partial charge on any atom is -0.508 e. The number of phenolic OH excluding ortho intramolecular Hbond substituents is 1. The van der Waals surface area contributed by atoms with Crippen molar-refractivity contribution in [2.24, 2.45) is 11.7 Å². The molecule has 12 nitrogen and oxygen atoms in total. The summed E-state index contributed by atoms with van der Waals surface area (Å²) >= 11 is 0. The van der Waals surface area contributed by atoms with Crippen LogP contribution in [0, 0.1) is 5.92 Å². The third-order valence-corrected chi connectivity index (χ3v) is 5.32. The van der Waals surface area contributed by atoms with Crippen LogP contribution < -0.4 is 21.7 Å². The summed E-state index contributed by atoms with van der Waals surface area (Å²) in [5.74, 6) is -3.41. The van der Waals surface area contributed by atoms with E-state index in [2.05, 4.69) is 25.9 Å². The summed E-state index contributed by atoms with van der Waals surface area (Å²) in [7, 11) is 0. The number of aromatic amines is 1. The fourth-order valence-corrected chi connectivity index (χ4v) is 3.24. The minimum absolute atomic E-state index is 0.0458. The lowest BCUT2D eigenvalue weighted by molar-refractivity contribution is -0.142. The van der Waals surface area contributed by atoms with Gasteiger partial charge in [-0.05, 0) is 30.5 Å². The predicted octanol–water partition coefficient (Wildman–Crippen LogP) is -0.557. The Morgan fingerprint density at radius 1 is 0.971 bits per heavy atom. The molecule has 2 aromatic rings. The molecule has 190 valence electrons. The van der Waals surface area contributed by atoms with Gasteiger partial charge in [-0.25, -0.2) is 4.98 Å². The molecule has 12 heteroatoms. The Bertz CT molecular complexity index is 1010. The van der Waals surface area contributed by atoms with Crippen molar-refractivity contribution in [3.63, 3.8) is 0 Å². The molecule has 4 atom stereocenters. The van der Waals surface area contributed by atoms with Gasteiger partial charge in [0, 0.05) is 24.7 Å². The Kier molecular flexibility index (Phi) is 9.76. The quantitative estimate of drug-likeness (QED) is 0.206. The fourth-order valence-electron chi connectivity index (χ4n) is 3.24. The smallest absolute Gasteiger partial charge is 0.325 e. The summed E-state index contributed by atoms with van der Waals surface area (Å²) in [6, 6.07) is 1.87. The molecular weight excluding hydrogens is 456 g/mol. The topological polar surface area (TPSA) is 200 Å². The van der Waals surface area contributed by atoms with Crippen molar-refractivity contribution in [1.82, 2.24) is 25.9 Å². The van der Waals surface area contributed by atoms with Crippen molar-refractivity contribution in [3.05, 3.63) is 48.0 Å². The monoisotopic (exact) mass is 488 g/mol. The third kappa shape index (κ3) is 8.41. The van der Waals surface area contributed by atoms with Gasteiger partial charge in [-0.15, -0.1) is 0 Å². The van der Waals surface area contributed by atoms with E-state index < -0.39 is 47.9 Å². The van der Waals surface area contributed by atoms with Crippen molar-refractivity contribution in [1.29, 1.82) is 0 Å². The Hall–Kier alpha value is -3.93. The number of hydrogen-bond acceptors (Lipinski definition) is 7. The molecular formula is C23H32N6O6. The summed E-state index contributed by atoms with van der Waals surface area (Å²) < 4.78 is 0. The van der Waals surface area contributed by atoms with Crippen LogP contribution in [0.2, 0.25) is 0 Å². The number of rotatable bonds is 12. The van der Waals surface area contributed by atoms with E-state index in [1.165, 1.54) is 31.6 Å². The maximum absolute atomic E-state index is 13.2. The number of nitrogens with one attached hydrogen (secondary N) is 4. The number of imidazole rings is 1. The van der Waals surface area contributed by atoms with E-state index in [4.69, 9.17) is 10.8 Å². The van der Waals surface area contributed by atoms with Crippen LogP contribution in [-0.4, -0.2) is 68.0 Å². The lowest BCUT2D eigenvalue weighted by Gasteiger charge is -2.26. The van der Waals surface area contributed by atoms with E-state index in [0.29, 0.717) is 11.3 Å². The summed E-state index contributed by atoms with van der Waals surface area (Å²) in [6.07, 6.45) is 3.23. The van der Waals surface area contributed by atoms with Crippen molar-refractivity contribution in [2.45, 2.75) is 57.8 Å². The molecule has 1 aromatic heterocycles. The summed E-state index contributed by atoms with van der Waals surface area (Å²) in [5, 5.41) is 26.2. The number of amides is 3. The first-order valence-corrected chi connectivity index (χ1v) is 11.1. The first-order valence-electron chi connectivity index (χ1n) is 11.1. The number of benzene rings is 1. The molecule has 0 aliphatic rings. The molecule has 0 fully saturated rings. The van der Waals surface area contributed by atoms with Gasteiger partial charge in [0.15, 0.2) is 0 Å². The average molecular weight is 489 g/mol. The molecule has 8 N–H and O–H groups in total. The van der Waals surface area contributed by atoms with E-state index in [1.807, 2.05) is 0 Å². The maximum atomic E-state index is 13.2. The van der Waals surface area contributed by atoms with E-state index in [0.717, 1.165) is 0 Å². The molecule has 4 unspecified atom stereocenters. The number of carboxylic acid groups (broad SMARTS) is 1. The Morgan fingerprint density at radius 3 is 2.17 bits per heavy atom. The van der Waals surface area contributed by atoms with Crippen LogP contribution >= 0.6 is 0 Å². The van der Waals surface area contributed by atoms with Gasteiger partial charge in [-0.1, -0.05) is 26.0 Å². The van der Waals surface area contributed by atoms with Gasteiger partial charge < -0.3 is 36.9 Å². The summed E-state index contributed by atoms with van der Waals surface area (Å²) in [4.78, 5) is 56.4. The second-order valence-electron chi connectivity index (χ2n) is 8.62. The highest BCUT2D eigenvalue weighted by Gasteiger charge is 2.31. The number of nitrogens with zero attached hydrogens (tertiary/aromatic N) is 1. The number of aliphatic carboxylic acids is 1. The van der Waals surface area contributed by atoms with Crippen LogP contribution in [0.25, 0.3) is 0 Å². The normalized spacial score (nSPS) is 14.4. The number of H-pyrrole nitrogens is 1. The van der Waals surface area contributed by atoms with Crippen molar-refractivity contribution in [2.75, 3.05) is 0 Å². The molecule has 0 aliphatic carbocycles. The van der Waals surface area contributed by atoms with E-state index in [9.17, 15) is 24.3 Å². The highest BCUT2D eigenvalue weighted by molar-refractivity contribution is 5.94. The van der Waals surface area contributed by atoms with Crippen LogP contribution in [0.5, 0.6) is 5.75 Å². The highest BCUT2D eigenvalue weighted by atomic mass is 16.4. The van der Waals surface area contributed by atoms with Crippen molar-refractivity contribution >= 4 is 23.7 Å². The van der Waals surface area contributed by atoms with Gasteiger partial charge >= 0.3 is 5.97 Å². The molecule has 0 radical (unpaired) electrons. The molecule has 0 saturated heterocycles. The Morgan fingerprint density at radius 2 is 1.63 bits per heavy atom. The first-order chi connectivity index (χ1) is 16.5. The number of carboxylic acids is 1. The predicted molar refractivity (Wildman–Crippen MR) is 126 cm³/mol. The van der Waals surface area contributed by atoms with Gasteiger partial charge in [-0.3, -0.25) is 19.2 Å². The molecule has 1 heterocycles. The zero-order chi connectivity index (χ0) is 26.1. The van der Waals surface area contributed by atoms with E-state index in [1.54, 1.807) is 26.0 Å². The van der Waals surface area contributed by atoms with Crippen molar-refractivity contribution in [3.8, 4) is 5.75 Å². The van der Waals surface area contributed by atoms with E-state index in [-0.39, 0.29) is 24.5 Å². The SMILES string of the molecule is CC(NC(=O)C(NC(=O)C(Cc1ccc(O)cc1)NC(=O)C(N)Cc1cnc[nH]1)C(C)C)C(=O)O. The second kappa shape index (κ2) is 12.5. The zero-order valence-corrected chi connectivity index (χ0v) is 19.8. The van der Waals surface area contributed by atoms with Gasteiger partial charge in [0.25, 0.3) is 0 Å². The Balaban J connectivity index is 2.18. The molecule has 0 bridgehead atoms. The Labute approximate surface area is 202 Å². The number of aromatic nitrogens is 2. The molecule has 3 amide bonds. The highest BCUT2D eigenvalue weighted by Crippen LogP contribution is 2.12.